The Kier molecular flexibility index (Phi) is 4.14. The number of benzene rings is 1. The van der Waals surface area contributed by atoms with Crippen LogP contribution in [0.4, 0.5) is 4.79 Å². The van der Waals surface area contributed by atoms with Crippen molar-refractivity contribution >= 4 is 12.2 Å². The Balaban J connectivity index is 2.82. The van der Waals surface area contributed by atoms with Crippen LogP contribution in [0, 0.1) is 0 Å². The van der Waals surface area contributed by atoms with Crippen LogP contribution in [0.2, 0.25) is 0 Å². The number of carbonyl (C=O) groups excluding carboxylic acids is 1. The Morgan fingerprint density at radius 2 is 2.06 bits per heavy atom. The minimum Gasteiger partial charge on any atom is -0.493 e. The number of rotatable bonds is 4. The Labute approximate surface area is 93.0 Å². The SMILES string of the molecule is COc1ccc(/C=N\NC(N)=O)cc1OC. The molecular formula is C10H13N3O3. The van der Waals surface area contributed by atoms with Crippen molar-refractivity contribution in [3.8, 4) is 11.5 Å². The zero-order valence-electron chi connectivity index (χ0n) is 9.06. The van der Waals surface area contributed by atoms with Gasteiger partial charge in [0.2, 0.25) is 0 Å². The van der Waals surface area contributed by atoms with Gasteiger partial charge in [0, 0.05) is 0 Å². The average molecular weight is 223 g/mol. The number of urea groups is 1. The van der Waals surface area contributed by atoms with Crippen LogP contribution in [0.1, 0.15) is 5.56 Å². The monoisotopic (exact) mass is 223 g/mol. The molecule has 1 aromatic rings. The molecule has 0 aromatic heterocycles. The Hall–Kier alpha value is -2.24. The molecule has 0 atom stereocenters. The highest BCUT2D eigenvalue weighted by atomic mass is 16.5. The van der Waals surface area contributed by atoms with Crippen LogP contribution >= 0.6 is 0 Å². The summed E-state index contributed by atoms with van der Waals surface area (Å²) in [6.45, 7) is 0. The van der Waals surface area contributed by atoms with Gasteiger partial charge in [-0.3, -0.25) is 0 Å². The van der Waals surface area contributed by atoms with Gasteiger partial charge in [-0.15, -0.1) is 0 Å². The Bertz CT molecular complexity index is 404. The molecule has 0 aliphatic carbocycles. The van der Waals surface area contributed by atoms with E-state index in [4.69, 9.17) is 15.2 Å². The average Bonchev–Trinajstić information content (AvgIpc) is 2.28. The second kappa shape index (κ2) is 5.59. The van der Waals surface area contributed by atoms with E-state index in [1.807, 2.05) is 0 Å². The summed E-state index contributed by atoms with van der Waals surface area (Å²) in [6.07, 6.45) is 1.45. The fourth-order valence-corrected chi connectivity index (χ4v) is 1.10. The number of ether oxygens (including phenoxy) is 2. The van der Waals surface area contributed by atoms with E-state index in [1.165, 1.54) is 6.21 Å². The molecule has 16 heavy (non-hydrogen) atoms. The maximum absolute atomic E-state index is 10.4. The zero-order valence-corrected chi connectivity index (χ0v) is 9.06. The normalized spacial score (nSPS) is 10.1. The molecule has 0 saturated carbocycles. The summed E-state index contributed by atoms with van der Waals surface area (Å²) in [7, 11) is 3.10. The third-order valence-corrected chi connectivity index (χ3v) is 1.80. The van der Waals surface area contributed by atoms with Gasteiger partial charge in [0.25, 0.3) is 0 Å². The standard InChI is InChI=1S/C10H13N3O3/c1-15-8-4-3-7(5-9(8)16-2)6-12-13-10(11)14/h3-6H,1-2H3,(H3,11,13,14)/b12-6-. The lowest BCUT2D eigenvalue weighted by Gasteiger charge is -2.07. The zero-order chi connectivity index (χ0) is 12.0. The molecule has 0 fully saturated rings. The predicted octanol–water partition coefficient (Wildman–Crippen LogP) is 0.706. The Morgan fingerprint density at radius 3 is 2.62 bits per heavy atom. The summed E-state index contributed by atoms with van der Waals surface area (Å²) in [4.78, 5) is 10.4. The van der Waals surface area contributed by atoms with E-state index in [-0.39, 0.29) is 0 Å². The molecule has 1 aromatic carbocycles. The van der Waals surface area contributed by atoms with E-state index < -0.39 is 6.03 Å². The van der Waals surface area contributed by atoms with Crippen molar-refractivity contribution in [2.45, 2.75) is 0 Å². The summed E-state index contributed by atoms with van der Waals surface area (Å²) in [5.74, 6) is 1.22. The maximum Gasteiger partial charge on any atom is 0.332 e. The van der Waals surface area contributed by atoms with E-state index >= 15 is 0 Å². The van der Waals surface area contributed by atoms with Gasteiger partial charge < -0.3 is 15.2 Å². The van der Waals surface area contributed by atoms with Gasteiger partial charge in [-0.1, -0.05) is 0 Å². The minimum atomic E-state index is -0.711. The van der Waals surface area contributed by atoms with Gasteiger partial charge in [0.1, 0.15) is 0 Å². The lowest BCUT2D eigenvalue weighted by Crippen LogP contribution is -2.24. The molecule has 0 aliphatic rings. The summed E-state index contributed by atoms with van der Waals surface area (Å²) in [5, 5.41) is 3.63. The summed E-state index contributed by atoms with van der Waals surface area (Å²) in [5.41, 5.74) is 7.70. The molecule has 6 heteroatoms. The van der Waals surface area contributed by atoms with Crippen molar-refractivity contribution in [1.29, 1.82) is 0 Å². The third kappa shape index (κ3) is 3.16. The smallest absolute Gasteiger partial charge is 0.332 e. The molecule has 1 rings (SSSR count). The largest absolute Gasteiger partial charge is 0.493 e. The number of primary amides is 1. The highest BCUT2D eigenvalue weighted by Gasteiger charge is 2.02. The number of methoxy groups -OCH3 is 2. The van der Waals surface area contributed by atoms with Gasteiger partial charge in [0.15, 0.2) is 11.5 Å². The molecule has 0 spiro atoms. The van der Waals surface area contributed by atoms with Crippen LogP contribution in [0.15, 0.2) is 23.3 Å². The predicted molar refractivity (Wildman–Crippen MR) is 59.9 cm³/mol. The van der Waals surface area contributed by atoms with E-state index in [9.17, 15) is 4.79 Å². The van der Waals surface area contributed by atoms with Crippen molar-refractivity contribution in [2.24, 2.45) is 10.8 Å². The second-order valence-electron chi connectivity index (χ2n) is 2.85. The van der Waals surface area contributed by atoms with E-state index in [1.54, 1.807) is 32.4 Å². The summed E-state index contributed by atoms with van der Waals surface area (Å²) in [6, 6.07) is 4.53. The number of nitrogens with two attached hydrogens (primary N) is 1. The molecule has 0 aliphatic heterocycles. The lowest BCUT2D eigenvalue weighted by atomic mass is 10.2. The summed E-state index contributed by atoms with van der Waals surface area (Å²) >= 11 is 0. The molecule has 0 unspecified atom stereocenters. The van der Waals surface area contributed by atoms with Gasteiger partial charge in [-0.2, -0.15) is 5.10 Å². The van der Waals surface area contributed by atoms with Crippen LogP contribution in [0.5, 0.6) is 11.5 Å². The van der Waals surface area contributed by atoms with Gasteiger partial charge in [0.05, 0.1) is 20.4 Å². The van der Waals surface area contributed by atoms with Crippen molar-refractivity contribution < 1.29 is 14.3 Å². The quantitative estimate of drug-likeness (QED) is 0.582. The second-order valence-corrected chi connectivity index (χ2v) is 2.85. The number of carbonyl (C=O) groups is 1. The maximum atomic E-state index is 10.4. The van der Waals surface area contributed by atoms with E-state index in [2.05, 4.69) is 10.5 Å². The number of nitrogens with one attached hydrogen (secondary N) is 1. The van der Waals surface area contributed by atoms with Gasteiger partial charge >= 0.3 is 6.03 Å². The molecule has 0 bridgehead atoms. The van der Waals surface area contributed by atoms with Crippen molar-refractivity contribution in [2.75, 3.05) is 14.2 Å². The molecule has 3 N–H and O–H groups in total. The highest BCUT2D eigenvalue weighted by Crippen LogP contribution is 2.26. The van der Waals surface area contributed by atoms with Crippen LogP contribution in [0.25, 0.3) is 0 Å². The first-order valence-corrected chi connectivity index (χ1v) is 4.48. The molecule has 2 amide bonds. The van der Waals surface area contributed by atoms with E-state index in [0.29, 0.717) is 11.5 Å². The lowest BCUT2D eigenvalue weighted by molar-refractivity contribution is 0.249. The number of hydrogen-bond acceptors (Lipinski definition) is 4. The molecule has 6 nitrogen and oxygen atoms in total. The van der Waals surface area contributed by atoms with Crippen LogP contribution in [-0.2, 0) is 0 Å². The molecular weight excluding hydrogens is 210 g/mol. The molecule has 0 saturated heterocycles. The van der Waals surface area contributed by atoms with Crippen LogP contribution in [-0.4, -0.2) is 26.5 Å². The topological polar surface area (TPSA) is 85.9 Å². The fraction of sp³-hybridized carbons (Fsp3) is 0.200. The minimum absolute atomic E-state index is 0.588. The van der Waals surface area contributed by atoms with Crippen LogP contribution in [0.3, 0.4) is 0 Å². The van der Waals surface area contributed by atoms with Gasteiger partial charge in [-0.05, 0) is 23.8 Å². The number of hydrogen-bond donors (Lipinski definition) is 2. The molecule has 0 radical (unpaired) electrons. The fourth-order valence-electron chi connectivity index (χ4n) is 1.10. The molecule has 86 valence electrons. The number of amides is 2. The van der Waals surface area contributed by atoms with E-state index in [0.717, 1.165) is 5.56 Å². The number of hydrazone groups is 1. The van der Waals surface area contributed by atoms with Crippen molar-refractivity contribution in [1.82, 2.24) is 5.43 Å². The first-order valence-electron chi connectivity index (χ1n) is 4.48. The number of nitrogens with zero attached hydrogens (tertiary/aromatic N) is 1. The van der Waals surface area contributed by atoms with Crippen molar-refractivity contribution in [3.63, 3.8) is 0 Å². The summed E-state index contributed by atoms with van der Waals surface area (Å²) < 4.78 is 10.2. The van der Waals surface area contributed by atoms with Gasteiger partial charge in [-0.25, -0.2) is 10.2 Å². The highest BCUT2D eigenvalue weighted by molar-refractivity contribution is 5.82. The first-order chi connectivity index (χ1) is 7.67. The van der Waals surface area contributed by atoms with Crippen LogP contribution < -0.4 is 20.6 Å². The first kappa shape index (κ1) is 11.8. The molecule has 0 heterocycles. The van der Waals surface area contributed by atoms with Crippen molar-refractivity contribution in [3.05, 3.63) is 23.8 Å². The third-order valence-electron chi connectivity index (χ3n) is 1.80. The Morgan fingerprint density at radius 1 is 1.38 bits per heavy atom.